The third-order valence-electron chi connectivity index (χ3n) is 6.67. The van der Waals surface area contributed by atoms with E-state index in [1.54, 1.807) is 0 Å². The number of rotatable bonds is 7. The van der Waals surface area contributed by atoms with Gasteiger partial charge < -0.3 is 24.8 Å². The minimum absolute atomic E-state index is 0.00112. The molecule has 2 aromatic rings. The fourth-order valence-corrected chi connectivity index (χ4v) is 4.89. The molecule has 1 heterocycles. The van der Waals surface area contributed by atoms with Gasteiger partial charge >= 0.3 is 12.1 Å². The molecule has 8 nitrogen and oxygen atoms in total. The molecule has 1 saturated carbocycles. The minimum atomic E-state index is -1.30. The quantitative estimate of drug-likeness (QED) is 0.672. The number of fused-ring (bicyclic) bond motifs is 3. The van der Waals surface area contributed by atoms with Gasteiger partial charge in [0, 0.05) is 25.0 Å². The average Bonchev–Trinajstić information content (AvgIpc) is 3.46. The largest absolute Gasteiger partial charge is 0.480 e. The molecule has 0 bridgehead atoms. The third kappa shape index (κ3) is 4.06. The first-order valence-electron chi connectivity index (χ1n) is 11.2. The standard InChI is InChI=1S/C25H26N2O6/c28-22(29)13-27(16-9-10-16)23(30)25(11-12-32-15-25)26-24(31)33-14-21-19-7-3-1-5-17(19)18-6-2-4-8-20(18)21/h1-8,16,21H,9-15H2,(H,26,31)(H,28,29). The van der Waals surface area contributed by atoms with Crippen molar-refractivity contribution >= 4 is 18.0 Å². The highest BCUT2D eigenvalue weighted by molar-refractivity contribution is 5.93. The predicted octanol–water partition coefficient (Wildman–Crippen LogP) is 2.76. The number of ether oxygens (including phenoxy) is 2. The number of alkyl carbamates (subject to hydrolysis) is 1. The number of carbonyl (C=O) groups is 3. The lowest BCUT2D eigenvalue weighted by Gasteiger charge is -2.33. The lowest BCUT2D eigenvalue weighted by Crippen LogP contribution is -2.61. The number of amides is 2. The molecule has 0 spiro atoms. The van der Waals surface area contributed by atoms with Gasteiger partial charge in [0.15, 0.2) is 0 Å². The molecule has 2 aliphatic carbocycles. The Labute approximate surface area is 191 Å². The SMILES string of the molecule is O=C(O)CN(C(=O)C1(NC(=O)OCC2c3ccccc3-c3ccccc32)CCOC1)C1CC1. The van der Waals surface area contributed by atoms with E-state index in [1.807, 2.05) is 36.4 Å². The first-order valence-corrected chi connectivity index (χ1v) is 11.2. The normalized spacial score (nSPS) is 21.2. The van der Waals surface area contributed by atoms with Crippen molar-refractivity contribution in [2.45, 2.75) is 36.8 Å². The Morgan fingerprint density at radius 2 is 1.70 bits per heavy atom. The van der Waals surface area contributed by atoms with Crippen LogP contribution in [0, 0.1) is 0 Å². The van der Waals surface area contributed by atoms with Crippen molar-refractivity contribution in [1.29, 1.82) is 0 Å². The molecule has 1 saturated heterocycles. The summed E-state index contributed by atoms with van der Waals surface area (Å²) in [5, 5.41) is 12.0. The van der Waals surface area contributed by atoms with Crippen molar-refractivity contribution < 1.29 is 29.0 Å². The van der Waals surface area contributed by atoms with E-state index in [4.69, 9.17) is 9.47 Å². The summed E-state index contributed by atoms with van der Waals surface area (Å²) in [5.74, 6) is -1.59. The van der Waals surface area contributed by atoms with Gasteiger partial charge in [-0.15, -0.1) is 0 Å². The zero-order valence-electron chi connectivity index (χ0n) is 18.2. The van der Waals surface area contributed by atoms with Crippen LogP contribution in [-0.4, -0.2) is 65.9 Å². The Kier molecular flexibility index (Phi) is 5.54. The highest BCUT2D eigenvalue weighted by atomic mass is 16.6. The topological polar surface area (TPSA) is 105 Å². The summed E-state index contributed by atoms with van der Waals surface area (Å²) in [7, 11) is 0. The predicted molar refractivity (Wildman–Crippen MR) is 119 cm³/mol. The monoisotopic (exact) mass is 450 g/mol. The van der Waals surface area contributed by atoms with Gasteiger partial charge in [-0.1, -0.05) is 48.5 Å². The molecule has 3 aliphatic rings. The lowest BCUT2D eigenvalue weighted by molar-refractivity contribution is -0.148. The first kappa shape index (κ1) is 21.5. The van der Waals surface area contributed by atoms with Gasteiger partial charge in [-0.25, -0.2) is 4.79 Å². The highest BCUT2D eigenvalue weighted by Gasteiger charge is 2.49. The molecule has 2 aromatic carbocycles. The van der Waals surface area contributed by atoms with Crippen LogP contribution in [0.2, 0.25) is 0 Å². The summed E-state index contributed by atoms with van der Waals surface area (Å²) in [5.41, 5.74) is 3.16. The summed E-state index contributed by atoms with van der Waals surface area (Å²) >= 11 is 0. The van der Waals surface area contributed by atoms with Crippen molar-refractivity contribution in [1.82, 2.24) is 10.2 Å². The van der Waals surface area contributed by atoms with Gasteiger partial charge in [0.25, 0.3) is 5.91 Å². The lowest BCUT2D eigenvalue weighted by atomic mass is 9.96. The van der Waals surface area contributed by atoms with Gasteiger partial charge in [0.2, 0.25) is 0 Å². The maximum absolute atomic E-state index is 13.3. The molecule has 8 heteroatoms. The molecule has 1 atom stereocenters. The Morgan fingerprint density at radius 1 is 1.06 bits per heavy atom. The Morgan fingerprint density at radius 3 is 2.24 bits per heavy atom. The van der Waals surface area contributed by atoms with Gasteiger partial charge in [-0.2, -0.15) is 0 Å². The Bertz CT molecular complexity index is 1040. The molecule has 0 radical (unpaired) electrons. The summed E-state index contributed by atoms with van der Waals surface area (Å²) in [6.45, 7) is 0.0455. The number of nitrogens with one attached hydrogen (secondary N) is 1. The van der Waals surface area contributed by atoms with E-state index in [-0.39, 0.29) is 31.6 Å². The second-order valence-electron chi connectivity index (χ2n) is 8.89. The second-order valence-corrected chi connectivity index (χ2v) is 8.89. The molecule has 172 valence electrons. The van der Waals surface area contributed by atoms with E-state index >= 15 is 0 Å². The summed E-state index contributed by atoms with van der Waals surface area (Å²) in [4.78, 5) is 38.8. The van der Waals surface area contributed by atoms with E-state index < -0.39 is 30.1 Å². The second kappa shape index (κ2) is 8.51. The van der Waals surface area contributed by atoms with Crippen LogP contribution in [0.25, 0.3) is 11.1 Å². The van der Waals surface area contributed by atoms with Crippen LogP contribution in [0.4, 0.5) is 4.79 Å². The number of hydrogen-bond donors (Lipinski definition) is 2. The van der Waals surface area contributed by atoms with Crippen molar-refractivity contribution in [2.24, 2.45) is 0 Å². The molecular weight excluding hydrogens is 424 g/mol. The fraction of sp³-hybridized carbons (Fsp3) is 0.400. The van der Waals surface area contributed by atoms with Crippen LogP contribution >= 0.6 is 0 Å². The molecular formula is C25H26N2O6. The van der Waals surface area contributed by atoms with Crippen LogP contribution in [0.3, 0.4) is 0 Å². The number of carboxylic acids is 1. The van der Waals surface area contributed by atoms with Crippen molar-refractivity contribution in [3.8, 4) is 11.1 Å². The number of carboxylic acid groups (broad SMARTS) is 1. The van der Waals surface area contributed by atoms with Crippen LogP contribution in [0.15, 0.2) is 48.5 Å². The third-order valence-corrected chi connectivity index (χ3v) is 6.67. The summed E-state index contributed by atoms with van der Waals surface area (Å²) < 4.78 is 11.1. The highest BCUT2D eigenvalue weighted by Crippen LogP contribution is 2.44. The van der Waals surface area contributed by atoms with E-state index in [1.165, 1.54) is 4.90 Å². The van der Waals surface area contributed by atoms with E-state index in [9.17, 15) is 19.5 Å². The van der Waals surface area contributed by atoms with Gasteiger partial charge in [-0.05, 0) is 35.1 Å². The molecule has 5 rings (SSSR count). The van der Waals surface area contributed by atoms with Gasteiger partial charge in [0.1, 0.15) is 18.7 Å². The number of carbonyl (C=O) groups excluding carboxylic acids is 2. The number of aliphatic carboxylic acids is 1. The van der Waals surface area contributed by atoms with Gasteiger partial charge in [-0.3, -0.25) is 9.59 Å². The summed E-state index contributed by atoms with van der Waals surface area (Å²) in [6, 6.07) is 16.0. The van der Waals surface area contributed by atoms with Crippen LogP contribution in [0.5, 0.6) is 0 Å². The van der Waals surface area contributed by atoms with Crippen LogP contribution in [0.1, 0.15) is 36.3 Å². The maximum atomic E-state index is 13.3. The molecule has 33 heavy (non-hydrogen) atoms. The number of nitrogens with zero attached hydrogens (tertiary/aromatic N) is 1. The van der Waals surface area contributed by atoms with Crippen LogP contribution < -0.4 is 5.32 Å². The zero-order chi connectivity index (χ0) is 23.0. The van der Waals surface area contributed by atoms with E-state index in [0.717, 1.165) is 35.1 Å². The Balaban J connectivity index is 1.30. The molecule has 1 aliphatic heterocycles. The fourth-order valence-electron chi connectivity index (χ4n) is 4.89. The van der Waals surface area contributed by atoms with E-state index in [0.29, 0.717) is 6.61 Å². The number of hydrogen-bond acceptors (Lipinski definition) is 5. The molecule has 1 unspecified atom stereocenters. The van der Waals surface area contributed by atoms with Crippen molar-refractivity contribution in [3.05, 3.63) is 59.7 Å². The van der Waals surface area contributed by atoms with Crippen LogP contribution in [-0.2, 0) is 19.1 Å². The van der Waals surface area contributed by atoms with Gasteiger partial charge in [0.05, 0.1) is 6.61 Å². The molecule has 2 N–H and O–H groups in total. The first-order chi connectivity index (χ1) is 16.0. The van der Waals surface area contributed by atoms with E-state index in [2.05, 4.69) is 17.4 Å². The molecule has 2 fully saturated rings. The smallest absolute Gasteiger partial charge is 0.408 e. The maximum Gasteiger partial charge on any atom is 0.408 e. The number of benzene rings is 2. The summed E-state index contributed by atoms with van der Waals surface area (Å²) in [6.07, 6.45) is 1.10. The van der Waals surface area contributed by atoms with Crippen molar-refractivity contribution in [3.63, 3.8) is 0 Å². The zero-order valence-corrected chi connectivity index (χ0v) is 18.2. The van der Waals surface area contributed by atoms with Crippen molar-refractivity contribution in [2.75, 3.05) is 26.4 Å². The average molecular weight is 450 g/mol. The molecule has 2 amide bonds. The molecule has 0 aromatic heterocycles. The Hall–Kier alpha value is -3.39. The minimum Gasteiger partial charge on any atom is -0.480 e.